The van der Waals surface area contributed by atoms with Crippen LogP contribution in [0.15, 0.2) is 41.3 Å². The molecule has 0 bridgehead atoms. The Bertz CT molecular complexity index is 613. The van der Waals surface area contributed by atoms with Crippen molar-refractivity contribution >= 4 is 11.8 Å². The summed E-state index contributed by atoms with van der Waals surface area (Å²) in [7, 11) is 0. The molecule has 0 saturated heterocycles. The number of halogens is 2. The summed E-state index contributed by atoms with van der Waals surface area (Å²) in [5, 5.41) is 0. The van der Waals surface area contributed by atoms with Crippen molar-refractivity contribution in [2.24, 2.45) is 5.73 Å². The SMILES string of the molecule is Cc1ccc(C(N)CSc2cc(F)ccc2F)c(C)c1. The van der Waals surface area contributed by atoms with Gasteiger partial charge < -0.3 is 5.73 Å². The van der Waals surface area contributed by atoms with E-state index >= 15 is 0 Å². The minimum Gasteiger partial charge on any atom is -0.323 e. The van der Waals surface area contributed by atoms with Gasteiger partial charge in [-0.2, -0.15) is 0 Å². The molecule has 0 amide bonds. The predicted octanol–water partition coefficient (Wildman–Crippen LogP) is 4.37. The number of nitrogens with two attached hydrogens (primary N) is 1. The maximum absolute atomic E-state index is 13.5. The number of hydrogen-bond acceptors (Lipinski definition) is 2. The van der Waals surface area contributed by atoms with Crippen LogP contribution in [0.1, 0.15) is 22.7 Å². The molecule has 1 nitrogen and oxygen atoms in total. The molecule has 0 saturated carbocycles. The van der Waals surface area contributed by atoms with Crippen LogP contribution in [0.2, 0.25) is 0 Å². The van der Waals surface area contributed by atoms with Crippen LogP contribution in [-0.2, 0) is 0 Å². The number of rotatable bonds is 4. The summed E-state index contributed by atoms with van der Waals surface area (Å²) in [6.45, 7) is 4.04. The zero-order chi connectivity index (χ0) is 14.7. The molecule has 0 heterocycles. The standard InChI is InChI=1S/C16H17F2NS/c1-10-3-5-13(11(2)7-10)15(19)9-20-16-8-12(17)4-6-14(16)18/h3-8,15H,9,19H2,1-2H3. The highest BCUT2D eigenvalue weighted by molar-refractivity contribution is 7.99. The smallest absolute Gasteiger partial charge is 0.136 e. The van der Waals surface area contributed by atoms with Crippen LogP contribution in [0.25, 0.3) is 0 Å². The molecule has 0 radical (unpaired) electrons. The van der Waals surface area contributed by atoms with Crippen LogP contribution in [0.4, 0.5) is 8.78 Å². The molecule has 0 fully saturated rings. The van der Waals surface area contributed by atoms with E-state index in [9.17, 15) is 8.78 Å². The van der Waals surface area contributed by atoms with Crippen LogP contribution in [0.3, 0.4) is 0 Å². The van der Waals surface area contributed by atoms with Gasteiger partial charge in [0.1, 0.15) is 11.6 Å². The Labute approximate surface area is 122 Å². The minimum atomic E-state index is -0.436. The van der Waals surface area contributed by atoms with Gasteiger partial charge in [-0.05, 0) is 43.2 Å². The Morgan fingerprint density at radius 2 is 1.85 bits per heavy atom. The zero-order valence-corrected chi connectivity index (χ0v) is 12.3. The third-order valence-corrected chi connectivity index (χ3v) is 4.29. The Kier molecular flexibility index (Phi) is 4.78. The highest BCUT2D eigenvalue weighted by atomic mass is 32.2. The molecule has 1 unspecified atom stereocenters. The van der Waals surface area contributed by atoms with Crippen molar-refractivity contribution in [2.75, 3.05) is 5.75 Å². The fraction of sp³-hybridized carbons (Fsp3) is 0.250. The first-order chi connectivity index (χ1) is 9.47. The molecule has 1 atom stereocenters. The number of hydrogen-bond donors (Lipinski definition) is 1. The molecule has 0 aliphatic heterocycles. The minimum absolute atomic E-state index is 0.205. The van der Waals surface area contributed by atoms with E-state index in [0.29, 0.717) is 10.6 Å². The van der Waals surface area contributed by atoms with E-state index in [0.717, 1.165) is 23.3 Å². The first kappa shape index (κ1) is 15.0. The summed E-state index contributed by atoms with van der Waals surface area (Å²) >= 11 is 1.24. The molecular weight excluding hydrogens is 276 g/mol. The fourth-order valence-electron chi connectivity index (χ4n) is 2.10. The number of thioether (sulfide) groups is 1. The van der Waals surface area contributed by atoms with Gasteiger partial charge in [0.25, 0.3) is 0 Å². The Morgan fingerprint density at radius 1 is 1.10 bits per heavy atom. The van der Waals surface area contributed by atoms with Crippen molar-refractivity contribution in [1.29, 1.82) is 0 Å². The van der Waals surface area contributed by atoms with Crippen molar-refractivity contribution in [3.8, 4) is 0 Å². The second kappa shape index (κ2) is 6.37. The lowest BCUT2D eigenvalue weighted by Crippen LogP contribution is -2.14. The summed E-state index contributed by atoms with van der Waals surface area (Å²) < 4.78 is 26.6. The highest BCUT2D eigenvalue weighted by Crippen LogP contribution is 2.27. The van der Waals surface area contributed by atoms with Gasteiger partial charge >= 0.3 is 0 Å². The molecule has 2 aromatic carbocycles. The molecule has 0 aliphatic carbocycles. The average Bonchev–Trinajstić information content (AvgIpc) is 2.39. The van der Waals surface area contributed by atoms with Crippen molar-refractivity contribution in [3.63, 3.8) is 0 Å². The van der Waals surface area contributed by atoms with Crippen LogP contribution in [0.5, 0.6) is 0 Å². The third-order valence-electron chi connectivity index (χ3n) is 3.14. The fourth-order valence-corrected chi connectivity index (χ4v) is 3.04. The quantitative estimate of drug-likeness (QED) is 0.847. The van der Waals surface area contributed by atoms with Gasteiger partial charge in [0, 0.05) is 16.7 Å². The van der Waals surface area contributed by atoms with Crippen molar-refractivity contribution in [2.45, 2.75) is 24.8 Å². The molecule has 2 aromatic rings. The van der Waals surface area contributed by atoms with Gasteiger partial charge in [-0.25, -0.2) is 8.78 Å². The topological polar surface area (TPSA) is 26.0 Å². The monoisotopic (exact) mass is 293 g/mol. The maximum atomic E-state index is 13.5. The van der Waals surface area contributed by atoms with Gasteiger partial charge in [-0.3, -0.25) is 0 Å². The summed E-state index contributed by atoms with van der Waals surface area (Å²) in [5.41, 5.74) is 9.49. The van der Waals surface area contributed by atoms with Gasteiger partial charge in [0.15, 0.2) is 0 Å². The Morgan fingerprint density at radius 3 is 2.55 bits per heavy atom. The zero-order valence-electron chi connectivity index (χ0n) is 11.5. The second-order valence-electron chi connectivity index (χ2n) is 4.85. The summed E-state index contributed by atoms with van der Waals surface area (Å²) in [5.74, 6) is -0.345. The van der Waals surface area contributed by atoms with E-state index in [-0.39, 0.29) is 6.04 Å². The normalized spacial score (nSPS) is 12.4. The van der Waals surface area contributed by atoms with Crippen molar-refractivity contribution in [1.82, 2.24) is 0 Å². The van der Waals surface area contributed by atoms with Gasteiger partial charge in [0.2, 0.25) is 0 Å². The summed E-state index contributed by atoms with van der Waals surface area (Å²) in [4.78, 5) is 0.296. The van der Waals surface area contributed by atoms with Crippen molar-refractivity contribution < 1.29 is 8.78 Å². The second-order valence-corrected chi connectivity index (χ2v) is 5.91. The van der Waals surface area contributed by atoms with E-state index < -0.39 is 11.6 Å². The van der Waals surface area contributed by atoms with Crippen LogP contribution < -0.4 is 5.73 Å². The summed E-state index contributed by atoms with van der Waals surface area (Å²) in [6.07, 6.45) is 0. The number of aryl methyl sites for hydroxylation is 2. The molecule has 2 N–H and O–H groups in total. The Balaban J connectivity index is 2.08. The lowest BCUT2D eigenvalue weighted by atomic mass is 10.0. The third kappa shape index (κ3) is 3.58. The van der Waals surface area contributed by atoms with Crippen LogP contribution in [0, 0.1) is 25.5 Å². The maximum Gasteiger partial charge on any atom is 0.136 e. The molecule has 106 valence electrons. The molecule has 0 aliphatic rings. The first-order valence-electron chi connectivity index (χ1n) is 6.38. The van der Waals surface area contributed by atoms with E-state index in [1.807, 2.05) is 26.0 Å². The van der Waals surface area contributed by atoms with Crippen molar-refractivity contribution in [3.05, 3.63) is 64.7 Å². The Hall–Kier alpha value is -1.39. The molecule has 20 heavy (non-hydrogen) atoms. The molecule has 0 aromatic heterocycles. The summed E-state index contributed by atoms with van der Waals surface area (Å²) in [6, 6.07) is 9.33. The molecule has 4 heteroatoms. The van der Waals surface area contributed by atoms with Gasteiger partial charge in [-0.15, -0.1) is 11.8 Å². The first-order valence-corrected chi connectivity index (χ1v) is 7.36. The van der Waals surface area contributed by atoms with E-state index in [1.165, 1.54) is 23.4 Å². The van der Waals surface area contributed by atoms with E-state index in [4.69, 9.17) is 5.73 Å². The molecule has 0 spiro atoms. The van der Waals surface area contributed by atoms with Crippen LogP contribution in [-0.4, -0.2) is 5.75 Å². The predicted molar refractivity (Wildman–Crippen MR) is 79.9 cm³/mol. The van der Waals surface area contributed by atoms with Gasteiger partial charge in [0.05, 0.1) is 0 Å². The lowest BCUT2D eigenvalue weighted by Gasteiger charge is -2.15. The van der Waals surface area contributed by atoms with Crippen LogP contribution >= 0.6 is 11.8 Å². The molecule has 2 rings (SSSR count). The number of benzene rings is 2. The van der Waals surface area contributed by atoms with E-state index in [1.54, 1.807) is 0 Å². The van der Waals surface area contributed by atoms with E-state index in [2.05, 4.69) is 6.07 Å². The van der Waals surface area contributed by atoms with Gasteiger partial charge in [-0.1, -0.05) is 23.8 Å². The molecular formula is C16H17F2NS. The average molecular weight is 293 g/mol. The lowest BCUT2D eigenvalue weighted by molar-refractivity contribution is 0.577. The largest absolute Gasteiger partial charge is 0.323 e. The highest BCUT2D eigenvalue weighted by Gasteiger charge is 2.12.